The molecule has 354 valence electrons. The van der Waals surface area contributed by atoms with Crippen molar-refractivity contribution < 1.29 is 49.0 Å². The molecule has 2 unspecified atom stereocenters. The smallest absolute Gasteiger partial charge is 0.306 e. The summed E-state index contributed by atoms with van der Waals surface area (Å²) >= 11 is 0. The van der Waals surface area contributed by atoms with E-state index >= 15 is 0 Å². The molecule has 1 rings (SSSR count). The van der Waals surface area contributed by atoms with Crippen molar-refractivity contribution >= 4 is 11.9 Å². The van der Waals surface area contributed by atoms with E-state index in [9.17, 15) is 30.0 Å². The fraction of sp³-hybridized carbons (Fsp3) is 0.920. The molecule has 0 aromatic carbocycles. The Hall–Kier alpha value is -1.56. The van der Waals surface area contributed by atoms with E-state index in [1.807, 2.05) is 0 Å². The molecular weight excluding hydrogens is 761 g/mol. The molecule has 0 radical (unpaired) electrons. The van der Waals surface area contributed by atoms with Crippen LogP contribution in [0.3, 0.4) is 0 Å². The van der Waals surface area contributed by atoms with Gasteiger partial charge in [-0.05, 0) is 38.5 Å². The van der Waals surface area contributed by atoms with Gasteiger partial charge in [-0.2, -0.15) is 0 Å². The summed E-state index contributed by atoms with van der Waals surface area (Å²) in [4.78, 5) is 25.4. The van der Waals surface area contributed by atoms with Gasteiger partial charge in [0, 0.05) is 12.8 Å². The number of hydrogen-bond donors (Lipinski definition) is 4. The SMILES string of the molecule is CCCCCCCC/C=C/CCCCCCCC(=O)OC[C@H](CO[C@@H]1O[C@H](CO)[C@H](O)C(O)C1O)OC(=O)CCCCCCCCCCCCCCCCCCCCCC. The molecule has 1 aliphatic rings. The molecule has 0 aromatic heterocycles. The van der Waals surface area contributed by atoms with Crippen molar-refractivity contribution in [2.45, 2.75) is 275 Å². The molecular formula is C50H94O10. The van der Waals surface area contributed by atoms with Crippen LogP contribution in [0, 0.1) is 0 Å². The first-order valence-electron chi connectivity index (χ1n) is 25.3. The van der Waals surface area contributed by atoms with Gasteiger partial charge in [0.1, 0.15) is 31.0 Å². The fourth-order valence-electron chi connectivity index (χ4n) is 7.89. The first-order chi connectivity index (χ1) is 29.3. The second-order valence-corrected chi connectivity index (χ2v) is 17.6. The van der Waals surface area contributed by atoms with E-state index in [1.165, 1.54) is 148 Å². The Kier molecular flexibility index (Phi) is 39.0. The highest BCUT2D eigenvalue weighted by Gasteiger charge is 2.44. The van der Waals surface area contributed by atoms with E-state index in [-0.39, 0.29) is 32.0 Å². The predicted molar refractivity (Wildman–Crippen MR) is 243 cm³/mol. The zero-order valence-corrected chi connectivity index (χ0v) is 38.7. The van der Waals surface area contributed by atoms with Crippen LogP contribution in [-0.4, -0.2) is 89.0 Å². The van der Waals surface area contributed by atoms with Crippen LogP contribution in [0.25, 0.3) is 0 Å². The largest absolute Gasteiger partial charge is 0.462 e. The maximum atomic E-state index is 12.8. The van der Waals surface area contributed by atoms with Gasteiger partial charge in [-0.3, -0.25) is 9.59 Å². The second-order valence-electron chi connectivity index (χ2n) is 17.6. The highest BCUT2D eigenvalue weighted by molar-refractivity contribution is 5.70. The van der Waals surface area contributed by atoms with Crippen LogP contribution < -0.4 is 0 Å². The summed E-state index contributed by atoms with van der Waals surface area (Å²) in [5, 5.41) is 40.2. The highest BCUT2D eigenvalue weighted by Crippen LogP contribution is 2.23. The number of rotatable bonds is 43. The van der Waals surface area contributed by atoms with Crippen LogP contribution in [0.5, 0.6) is 0 Å². The Morgan fingerprint density at radius 2 is 0.883 bits per heavy atom. The summed E-state index contributed by atoms with van der Waals surface area (Å²) in [6.07, 6.45) is 37.9. The average Bonchev–Trinajstić information content (AvgIpc) is 3.25. The molecule has 0 aromatic rings. The van der Waals surface area contributed by atoms with Gasteiger partial charge in [0.2, 0.25) is 0 Å². The van der Waals surface area contributed by atoms with Crippen LogP contribution in [0.2, 0.25) is 0 Å². The summed E-state index contributed by atoms with van der Waals surface area (Å²) in [6.45, 7) is 3.45. The number of ether oxygens (including phenoxy) is 4. The summed E-state index contributed by atoms with van der Waals surface area (Å²) in [5.74, 6) is -0.802. The van der Waals surface area contributed by atoms with E-state index in [0.717, 1.165) is 57.8 Å². The van der Waals surface area contributed by atoms with Gasteiger partial charge in [0.15, 0.2) is 12.4 Å². The molecule has 60 heavy (non-hydrogen) atoms. The highest BCUT2D eigenvalue weighted by atomic mass is 16.7. The topological polar surface area (TPSA) is 152 Å². The maximum absolute atomic E-state index is 12.8. The Morgan fingerprint density at radius 1 is 0.500 bits per heavy atom. The molecule has 10 heteroatoms. The summed E-state index contributed by atoms with van der Waals surface area (Å²) in [7, 11) is 0. The van der Waals surface area contributed by atoms with E-state index in [4.69, 9.17) is 18.9 Å². The van der Waals surface area contributed by atoms with E-state index in [1.54, 1.807) is 0 Å². The lowest BCUT2D eigenvalue weighted by Crippen LogP contribution is -2.59. The molecule has 1 aliphatic heterocycles. The number of hydrogen-bond acceptors (Lipinski definition) is 10. The van der Waals surface area contributed by atoms with Crippen LogP contribution >= 0.6 is 0 Å². The molecule has 1 fully saturated rings. The van der Waals surface area contributed by atoms with Gasteiger partial charge in [-0.15, -0.1) is 0 Å². The Labute approximate surface area is 367 Å². The van der Waals surface area contributed by atoms with Gasteiger partial charge >= 0.3 is 11.9 Å². The van der Waals surface area contributed by atoms with Crippen molar-refractivity contribution in [3.8, 4) is 0 Å². The second kappa shape index (κ2) is 41.5. The number of carbonyl (C=O) groups excluding carboxylic acids is 2. The minimum Gasteiger partial charge on any atom is -0.462 e. The van der Waals surface area contributed by atoms with Crippen molar-refractivity contribution in [2.24, 2.45) is 0 Å². The van der Waals surface area contributed by atoms with Crippen molar-refractivity contribution in [1.29, 1.82) is 0 Å². The summed E-state index contributed by atoms with van der Waals surface area (Å²) < 4.78 is 22.2. The van der Waals surface area contributed by atoms with Gasteiger partial charge in [-0.25, -0.2) is 0 Å². The summed E-state index contributed by atoms with van der Waals surface area (Å²) in [5.41, 5.74) is 0. The molecule has 0 saturated carbocycles. The normalized spacial score (nSPS) is 19.9. The van der Waals surface area contributed by atoms with E-state index in [0.29, 0.717) is 6.42 Å². The van der Waals surface area contributed by atoms with E-state index < -0.39 is 49.4 Å². The van der Waals surface area contributed by atoms with Gasteiger partial charge in [0.05, 0.1) is 13.2 Å². The molecule has 4 N–H and O–H groups in total. The minimum atomic E-state index is -1.59. The van der Waals surface area contributed by atoms with Crippen molar-refractivity contribution in [2.75, 3.05) is 19.8 Å². The third-order valence-corrected chi connectivity index (χ3v) is 11.9. The van der Waals surface area contributed by atoms with Crippen LogP contribution in [0.4, 0.5) is 0 Å². The van der Waals surface area contributed by atoms with Crippen molar-refractivity contribution in [1.82, 2.24) is 0 Å². The number of aliphatic hydroxyl groups is 4. The number of allylic oxidation sites excluding steroid dienone is 2. The first-order valence-corrected chi connectivity index (χ1v) is 25.3. The predicted octanol–water partition coefficient (Wildman–Crippen LogP) is 11.5. The van der Waals surface area contributed by atoms with E-state index in [2.05, 4.69) is 26.0 Å². The molecule has 10 nitrogen and oxygen atoms in total. The van der Waals surface area contributed by atoms with Crippen LogP contribution in [0.1, 0.15) is 239 Å². The number of aliphatic hydroxyl groups excluding tert-OH is 4. The van der Waals surface area contributed by atoms with Gasteiger partial charge in [0.25, 0.3) is 0 Å². The molecule has 0 spiro atoms. The Bertz CT molecular complexity index is 990. The number of unbranched alkanes of at least 4 members (excludes halogenated alkanes) is 30. The van der Waals surface area contributed by atoms with Crippen molar-refractivity contribution in [3.05, 3.63) is 12.2 Å². The third kappa shape index (κ3) is 32.2. The first kappa shape index (κ1) is 56.5. The lowest BCUT2D eigenvalue weighted by molar-refractivity contribution is -0.305. The molecule has 1 heterocycles. The minimum absolute atomic E-state index is 0.216. The van der Waals surface area contributed by atoms with Gasteiger partial charge < -0.3 is 39.4 Å². The lowest BCUT2D eigenvalue weighted by Gasteiger charge is -2.39. The van der Waals surface area contributed by atoms with Crippen molar-refractivity contribution in [3.63, 3.8) is 0 Å². The Morgan fingerprint density at radius 3 is 1.30 bits per heavy atom. The molecule has 6 atom stereocenters. The maximum Gasteiger partial charge on any atom is 0.306 e. The van der Waals surface area contributed by atoms with Crippen LogP contribution in [0.15, 0.2) is 12.2 Å². The molecule has 0 amide bonds. The monoisotopic (exact) mass is 855 g/mol. The fourth-order valence-corrected chi connectivity index (χ4v) is 7.89. The quantitative estimate of drug-likeness (QED) is 0.0265. The standard InChI is InChI=1S/C50H94O10/c1-3-5-7-9-11-13-15-17-19-20-21-22-23-25-27-29-31-33-35-37-39-46(53)59-43(42-58-50-49(56)48(55)47(54)44(40-51)60-50)41-57-45(52)38-36-34-32-30-28-26-24-18-16-14-12-10-8-6-4-2/h18,24,43-44,47-51,54-56H,3-17,19-23,25-42H2,1-2H3/b24-18+/t43-,44-,47+,48?,49?,50-/m1/s1. The van der Waals surface area contributed by atoms with Gasteiger partial charge in [-0.1, -0.05) is 199 Å². The summed E-state index contributed by atoms with van der Waals surface area (Å²) in [6, 6.07) is 0. The van der Waals surface area contributed by atoms with Crippen LogP contribution in [-0.2, 0) is 28.5 Å². The molecule has 1 saturated heterocycles. The average molecular weight is 855 g/mol. The number of carbonyl (C=O) groups is 2. The lowest BCUT2D eigenvalue weighted by atomic mass is 9.99. The number of esters is 2. The third-order valence-electron chi connectivity index (χ3n) is 11.9. The molecule has 0 aliphatic carbocycles. The Balaban J connectivity index is 2.26. The zero-order valence-electron chi connectivity index (χ0n) is 38.7. The zero-order chi connectivity index (χ0) is 43.7. The molecule has 0 bridgehead atoms.